The van der Waals surface area contributed by atoms with Crippen LogP contribution < -0.4 is 0 Å². The van der Waals surface area contributed by atoms with Crippen molar-refractivity contribution >= 4 is 6.22 Å². The number of nitrogens with zero attached hydrogens (tertiary/aromatic N) is 1. The van der Waals surface area contributed by atoms with Crippen molar-refractivity contribution in [2.45, 2.75) is 6.92 Å². The zero-order valence-corrected chi connectivity index (χ0v) is 3.68. The molecule has 4 heteroatoms. The molecule has 0 unspecified atom stereocenters. The number of hydrogen-bond donors (Lipinski definition) is 1. The molecular formula is C3H4FNO2. The van der Waals surface area contributed by atoms with E-state index in [9.17, 15) is 4.39 Å². The van der Waals surface area contributed by atoms with Crippen LogP contribution in [-0.4, -0.2) is 11.3 Å². The van der Waals surface area contributed by atoms with Crippen LogP contribution >= 0.6 is 0 Å². The Balaban J connectivity index is 0. The molecule has 0 spiro atoms. The van der Waals surface area contributed by atoms with E-state index in [2.05, 4.69) is 0 Å². The molecule has 0 amide bonds. The van der Waals surface area contributed by atoms with E-state index in [1.54, 1.807) is 6.07 Å². The second-order valence-corrected chi connectivity index (χ2v) is 0.477. The summed E-state index contributed by atoms with van der Waals surface area (Å²) in [6.45, 7) is 1.43. The highest BCUT2D eigenvalue weighted by atomic mass is 19.1. The monoisotopic (exact) mass is 105 g/mol. The summed E-state index contributed by atoms with van der Waals surface area (Å²) in [5.74, 6) is 0. The third-order valence-electron chi connectivity index (χ3n) is 0. The molecule has 0 atom stereocenters. The summed E-state index contributed by atoms with van der Waals surface area (Å²) in [6.07, 6.45) is -2.33. The van der Waals surface area contributed by atoms with E-state index in [4.69, 9.17) is 15.2 Å². The molecule has 0 aliphatic carbocycles. The molecule has 0 aromatic heterocycles. The first-order valence-electron chi connectivity index (χ1n) is 1.34. The topological polar surface area (TPSA) is 61.1 Å². The molecule has 0 radical (unpaired) electrons. The van der Waals surface area contributed by atoms with Crippen LogP contribution in [0, 0.1) is 11.3 Å². The predicted octanol–water partition coefficient (Wildman–Crippen LogP) is 1.16. The Morgan fingerprint density at radius 1 is 2.00 bits per heavy atom. The van der Waals surface area contributed by atoms with Gasteiger partial charge in [0.15, 0.2) is 0 Å². The third kappa shape index (κ3) is 33.1. The molecular weight excluding hydrogens is 101 g/mol. The number of rotatable bonds is 0. The number of halogens is 1. The highest BCUT2D eigenvalue weighted by molar-refractivity contribution is 5.54. The highest BCUT2D eigenvalue weighted by Gasteiger charge is 1.74. The van der Waals surface area contributed by atoms with Gasteiger partial charge in [0.05, 0.1) is 6.07 Å². The van der Waals surface area contributed by atoms with Gasteiger partial charge in [-0.15, -0.1) is 4.39 Å². The van der Waals surface area contributed by atoms with Gasteiger partial charge in [-0.3, -0.25) is 0 Å². The van der Waals surface area contributed by atoms with Crippen molar-refractivity contribution in [2.75, 3.05) is 0 Å². The summed E-state index contributed by atoms with van der Waals surface area (Å²) in [7, 11) is 0. The van der Waals surface area contributed by atoms with Gasteiger partial charge in [0.25, 0.3) is 0 Å². The van der Waals surface area contributed by atoms with Gasteiger partial charge in [0.1, 0.15) is 0 Å². The summed E-state index contributed by atoms with van der Waals surface area (Å²) in [6, 6.07) is 1.75. The second kappa shape index (κ2) is 8.86. The first-order valence-corrected chi connectivity index (χ1v) is 1.34. The van der Waals surface area contributed by atoms with Crippen LogP contribution in [0.3, 0.4) is 0 Å². The second-order valence-electron chi connectivity index (χ2n) is 0.477. The van der Waals surface area contributed by atoms with E-state index in [1.807, 2.05) is 0 Å². The molecule has 0 rings (SSSR count). The van der Waals surface area contributed by atoms with Crippen molar-refractivity contribution in [2.24, 2.45) is 0 Å². The van der Waals surface area contributed by atoms with Crippen LogP contribution in [-0.2, 0) is 0 Å². The Morgan fingerprint density at radius 2 is 2.00 bits per heavy atom. The molecule has 1 N–H and O–H groups in total. The van der Waals surface area contributed by atoms with E-state index in [0.29, 0.717) is 0 Å². The molecule has 0 aliphatic heterocycles. The maximum Gasteiger partial charge on any atom is 0.492 e. The standard InChI is InChI=1S/C2H3N.CHFO2/c1-2-3;2-1(3)4/h1H3;(H,3,4). The number of hydrogen-bond acceptors (Lipinski definition) is 2. The van der Waals surface area contributed by atoms with Crippen molar-refractivity contribution in [3.05, 3.63) is 0 Å². The van der Waals surface area contributed by atoms with Crippen LogP contribution in [0.5, 0.6) is 0 Å². The smallest absolute Gasteiger partial charge is 0.456 e. The van der Waals surface area contributed by atoms with Gasteiger partial charge < -0.3 is 5.11 Å². The highest BCUT2D eigenvalue weighted by Crippen LogP contribution is 1.58. The van der Waals surface area contributed by atoms with Gasteiger partial charge in [-0.25, -0.2) is 4.79 Å². The molecule has 0 bridgehead atoms. The largest absolute Gasteiger partial charge is 0.492 e. The average molecular weight is 105 g/mol. The first-order chi connectivity index (χ1) is 3.15. The number of nitriles is 1. The summed E-state index contributed by atoms with van der Waals surface area (Å²) in [5, 5.41) is 14.1. The van der Waals surface area contributed by atoms with Gasteiger partial charge in [-0.05, 0) is 0 Å². The minimum absolute atomic E-state index is 1.43. The lowest BCUT2D eigenvalue weighted by Gasteiger charge is -1.53. The van der Waals surface area contributed by atoms with Crippen molar-refractivity contribution in [1.29, 1.82) is 5.26 Å². The number of carbonyl (C=O) groups is 1. The zero-order chi connectivity index (χ0) is 6.28. The van der Waals surface area contributed by atoms with Gasteiger partial charge in [0.2, 0.25) is 0 Å². The Labute approximate surface area is 40.0 Å². The molecule has 0 saturated heterocycles. The summed E-state index contributed by atoms with van der Waals surface area (Å²) < 4.78 is 9.92. The fraction of sp³-hybridized carbons (Fsp3) is 0.333. The van der Waals surface area contributed by atoms with Gasteiger partial charge in [-0.1, -0.05) is 0 Å². The van der Waals surface area contributed by atoms with Gasteiger partial charge in [-0.2, -0.15) is 5.26 Å². The summed E-state index contributed by atoms with van der Waals surface area (Å²) in [5.41, 5.74) is 0. The van der Waals surface area contributed by atoms with Crippen molar-refractivity contribution in [1.82, 2.24) is 0 Å². The van der Waals surface area contributed by atoms with Crippen LogP contribution in [0.4, 0.5) is 9.18 Å². The molecule has 0 aromatic carbocycles. The fourth-order valence-corrected chi connectivity index (χ4v) is 0. The van der Waals surface area contributed by atoms with Crippen LogP contribution in [0.15, 0.2) is 0 Å². The van der Waals surface area contributed by atoms with E-state index in [0.717, 1.165) is 0 Å². The van der Waals surface area contributed by atoms with E-state index in [-0.39, 0.29) is 0 Å². The summed E-state index contributed by atoms with van der Waals surface area (Å²) in [4.78, 5) is 8.33. The summed E-state index contributed by atoms with van der Waals surface area (Å²) >= 11 is 0. The van der Waals surface area contributed by atoms with Crippen molar-refractivity contribution < 1.29 is 14.3 Å². The van der Waals surface area contributed by atoms with E-state index < -0.39 is 6.22 Å². The van der Waals surface area contributed by atoms with Crippen LogP contribution in [0.2, 0.25) is 0 Å². The SMILES string of the molecule is CC#N.O=C(O)F. The Hall–Kier alpha value is -1.11. The fourth-order valence-electron chi connectivity index (χ4n) is 0. The minimum Gasteiger partial charge on any atom is -0.456 e. The van der Waals surface area contributed by atoms with E-state index >= 15 is 0 Å². The molecule has 0 aromatic rings. The Kier molecular flexibility index (Phi) is 11.8. The molecule has 40 valence electrons. The quantitative estimate of drug-likeness (QED) is 0.470. The molecule has 7 heavy (non-hydrogen) atoms. The third-order valence-corrected chi connectivity index (χ3v) is 0. The molecule has 3 nitrogen and oxygen atoms in total. The normalized spacial score (nSPS) is 4.71. The van der Waals surface area contributed by atoms with Gasteiger partial charge >= 0.3 is 6.22 Å². The van der Waals surface area contributed by atoms with Gasteiger partial charge in [0, 0.05) is 6.92 Å². The lowest BCUT2D eigenvalue weighted by molar-refractivity contribution is 0.169. The molecule has 0 aliphatic rings. The Bertz CT molecular complexity index is 81.4. The van der Waals surface area contributed by atoms with Crippen molar-refractivity contribution in [3.8, 4) is 6.07 Å². The molecule has 0 fully saturated rings. The number of carboxylic acid groups (broad SMARTS) is 1. The maximum absolute atomic E-state index is 9.92. The van der Waals surface area contributed by atoms with Crippen molar-refractivity contribution in [3.63, 3.8) is 0 Å². The zero-order valence-electron chi connectivity index (χ0n) is 3.68. The van der Waals surface area contributed by atoms with Crippen LogP contribution in [0.1, 0.15) is 6.92 Å². The first kappa shape index (κ1) is 9.31. The maximum atomic E-state index is 9.92. The molecule has 0 heterocycles. The molecule has 0 saturated carbocycles. The Morgan fingerprint density at radius 3 is 2.00 bits per heavy atom. The lowest BCUT2D eigenvalue weighted by Crippen LogP contribution is -1.69. The van der Waals surface area contributed by atoms with E-state index in [1.165, 1.54) is 6.92 Å². The lowest BCUT2D eigenvalue weighted by atomic mass is 11.0. The minimum atomic E-state index is -2.33. The van der Waals surface area contributed by atoms with Crippen LogP contribution in [0.25, 0.3) is 0 Å². The predicted molar refractivity (Wildman–Crippen MR) is 20.4 cm³/mol. The average Bonchev–Trinajstić information content (AvgIpc) is 1.33.